The lowest BCUT2D eigenvalue weighted by molar-refractivity contribution is 0.589. The van der Waals surface area contributed by atoms with Crippen molar-refractivity contribution in [3.63, 3.8) is 0 Å². The van der Waals surface area contributed by atoms with Crippen molar-refractivity contribution in [2.75, 3.05) is 31.1 Å². The number of pyridine rings is 1. The van der Waals surface area contributed by atoms with Crippen LogP contribution in [0.1, 0.15) is 22.4 Å². The largest absolute Gasteiger partial charge is 0.369 e. The summed E-state index contributed by atoms with van der Waals surface area (Å²) < 4.78 is 0. The summed E-state index contributed by atoms with van der Waals surface area (Å²) in [6, 6.07) is 15.8. The van der Waals surface area contributed by atoms with E-state index in [9.17, 15) is 0 Å². The van der Waals surface area contributed by atoms with E-state index in [1.54, 1.807) is 0 Å². The second-order valence-corrected chi connectivity index (χ2v) is 7.88. The van der Waals surface area contributed by atoms with Gasteiger partial charge in [0.15, 0.2) is 0 Å². The van der Waals surface area contributed by atoms with Crippen molar-refractivity contribution in [1.29, 1.82) is 0 Å². The topological polar surface area (TPSA) is 28.2 Å². The van der Waals surface area contributed by atoms with Crippen molar-refractivity contribution >= 4 is 5.69 Å². The van der Waals surface area contributed by atoms with Gasteiger partial charge < -0.3 is 10.2 Å². The van der Waals surface area contributed by atoms with Crippen LogP contribution in [0.2, 0.25) is 0 Å². The first-order valence-corrected chi connectivity index (χ1v) is 10.1. The number of aromatic nitrogens is 1. The third kappa shape index (κ3) is 3.67. The summed E-state index contributed by atoms with van der Waals surface area (Å²) in [6.45, 7) is 12.9. The molecule has 1 aliphatic rings. The molecule has 3 nitrogen and oxygen atoms in total. The van der Waals surface area contributed by atoms with E-state index in [-0.39, 0.29) is 0 Å². The van der Waals surface area contributed by atoms with E-state index in [0.29, 0.717) is 0 Å². The summed E-state index contributed by atoms with van der Waals surface area (Å²) >= 11 is 0. The van der Waals surface area contributed by atoms with Gasteiger partial charge in [-0.3, -0.25) is 4.98 Å². The van der Waals surface area contributed by atoms with Crippen LogP contribution in [0.15, 0.2) is 48.7 Å². The quantitative estimate of drug-likeness (QED) is 0.697. The highest BCUT2D eigenvalue weighted by Gasteiger charge is 2.12. The molecule has 1 saturated heterocycles. The van der Waals surface area contributed by atoms with Crippen molar-refractivity contribution in [1.82, 2.24) is 10.3 Å². The second-order valence-electron chi connectivity index (χ2n) is 7.88. The summed E-state index contributed by atoms with van der Waals surface area (Å²) in [7, 11) is 0. The Morgan fingerprint density at radius 3 is 2.07 bits per heavy atom. The molecule has 1 fully saturated rings. The molecular weight excluding hydrogens is 342 g/mol. The lowest BCUT2D eigenvalue weighted by Gasteiger charge is -2.29. The number of nitrogens with one attached hydrogen (secondary N) is 1. The van der Waals surface area contributed by atoms with E-state index in [1.807, 2.05) is 6.20 Å². The molecular formula is C25H29N3. The number of aryl methyl sites for hydroxylation is 3. The highest BCUT2D eigenvalue weighted by Crippen LogP contribution is 2.31. The molecule has 1 aromatic heterocycles. The Bertz CT molecular complexity index is 960. The van der Waals surface area contributed by atoms with Crippen LogP contribution in [0.4, 0.5) is 5.69 Å². The van der Waals surface area contributed by atoms with Gasteiger partial charge in [0, 0.05) is 54.9 Å². The van der Waals surface area contributed by atoms with Gasteiger partial charge in [0.1, 0.15) is 0 Å². The molecule has 2 aromatic carbocycles. The number of anilines is 1. The van der Waals surface area contributed by atoms with E-state index < -0.39 is 0 Å². The van der Waals surface area contributed by atoms with E-state index in [1.165, 1.54) is 44.6 Å². The first kappa shape index (κ1) is 18.7. The van der Waals surface area contributed by atoms with Crippen LogP contribution in [-0.4, -0.2) is 31.2 Å². The standard InChI is InChI=1S/C25H29N3/c1-17-13-22(14-18(2)19(17)3)25-15-23(16-27-20(25)4)21-5-7-24(8-6-21)28-11-9-26-10-12-28/h5-8,13-16,26H,9-12H2,1-4H3. The minimum absolute atomic E-state index is 1.06. The highest BCUT2D eigenvalue weighted by atomic mass is 15.2. The molecule has 0 amide bonds. The molecule has 28 heavy (non-hydrogen) atoms. The Kier molecular flexibility index (Phi) is 5.19. The summed E-state index contributed by atoms with van der Waals surface area (Å²) in [6.07, 6.45) is 1.99. The maximum absolute atomic E-state index is 4.71. The molecule has 3 aromatic rings. The van der Waals surface area contributed by atoms with E-state index in [0.717, 1.165) is 31.9 Å². The molecule has 0 aliphatic carbocycles. The van der Waals surface area contributed by atoms with Gasteiger partial charge >= 0.3 is 0 Å². The smallest absolute Gasteiger partial charge is 0.0451 e. The average molecular weight is 372 g/mol. The zero-order valence-electron chi connectivity index (χ0n) is 17.3. The predicted molar refractivity (Wildman–Crippen MR) is 119 cm³/mol. The Balaban J connectivity index is 1.67. The maximum atomic E-state index is 4.71. The molecule has 0 saturated carbocycles. The van der Waals surface area contributed by atoms with E-state index in [4.69, 9.17) is 4.98 Å². The van der Waals surface area contributed by atoms with Gasteiger partial charge in [0.05, 0.1) is 0 Å². The Morgan fingerprint density at radius 2 is 1.43 bits per heavy atom. The predicted octanol–water partition coefficient (Wildman–Crippen LogP) is 5.06. The molecule has 0 atom stereocenters. The average Bonchev–Trinajstić information content (AvgIpc) is 2.73. The molecule has 4 rings (SSSR count). The number of hydrogen-bond acceptors (Lipinski definition) is 3. The Morgan fingerprint density at radius 1 is 0.786 bits per heavy atom. The van der Waals surface area contributed by atoms with Crippen molar-refractivity contribution in [3.05, 3.63) is 71.0 Å². The van der Waals surface area contributed by atoms with Crippen molar-refractivity contribution in [2.45, 2.75) is 27.7 Å². The van der Waals surface area contributed by atoms with Gasteiger partial charge in [-0.2, -0.15) is 0 Å². The van der Waals surface area contributed by atoms with Crippen LogP contribution in [-0.2, 0) is 0 Å². The van der Waals surface area contributed by atoms with E-state index in [2.05, 4.69) is 80.4 Å². The summed E-state index contributed by atoms with van der Waals surface area (Å²) in [5.74, 6) is 0. The molecule has 1 aliphatic heterocycles. The van der Waals surface area contributed by atoms with Gasteiger partial charge in [0.2, 0.25) is 0 Å². The number of nitrogens with zero attached hydrogens (tertiary/aromatic N) is 2. The Hall–Kier alpha value is -2.65. The second kappa shape index (κ2) is 7.76. The molecule has 1 N–H and O–H groups in total. The molecule has 0 spiro atoms. The van der Waals surface area contributed by atoms with Crippen LogP contribution >= 0.6 is 0 Å². The van der Waals surface area contributed by atoms with Crippen LogP contribution in [0.5, 0.6) is 0 Å². The number of rotatable bonds is 3. The fourth-order valence-corrected chi connectivity index (χ4v) is 3.96. The van der Waals surface area contributed by atoms with Crippen molar-refractivity contribution < 1.29 is 0 Å². The van der Waals surface area contributed by atoms with Gasteiger partial charge in [-0.15, -0.1) is 0 Å². The highest BCUT2D eigenvalue weighted by molar-refractivity contribution is 5.75. The van der Waals surface area contributed by atoms with Crippen molar-refractivity contribution in [2.24, 2.45) is 0 Å². The first-order chi connectivity index (χ1) is 13.5. The third-order valence-electron chi connectivity index (χ3n) is 6.01. The number of benzene rings is 2. The van der Waals surface area contributed by atoms with Crippen LogP contribution in [0.3, 0.4) is 0 Å². The minimum atomic E-state index is 1.06. The lowest BCUT2D eigenvalue weighted by atomic mass is 9.94. The van der Waals surface area contributed by atoms with E-state index >= 15 is 0 Å². The Labute approximate surface area is 168 Å². The summed E-state index contributed by atoms with van der Waals surface area (Å²) in [5.41, 5.74) is 11.3. The fourth-order valence-electron chi connectivity index (χ4n) is 3.96. The minimum Gasteiger partial charge on any atom is -0.369 e. The molecule has 144 valence electrons. The van der Waals surface area contributed by atoms with Crippen molar-refractivity contribution in [3.8, 4) is 22.3 Å². The first-order valence-electron chi connectivity index (χ1n) is 10.1. The fraction of sp³-hybridized carbons (Fsp3) is 0.320. The van der Waals surface area contributed by atoms with Gasteiger partial charge in [-0.1, -0.05) is 24.3 Å². The number of piperazine rings is 1. The lowest BCUT2D eigenvalue weighted by Crippen LogP contribution is -2.43. The van der Waals surface area contributed by atoms with Gasteiger partial charge in [-0.05, 0) is 73.7 Å². The molecule has 3 heteroatoms. The normalized spacial score (nSPS) is 14.4. The summed E-state index contributed by atoms with van der Waals surface area (Å²) in [5, 5.41) is 3.41. The van der Waals surface area contributed by atoms with Crippen LogP contribution < -0.4 is 10.2 Å². The van der Waals surface area contributed by atoms with Gasteiger partial charge in [0.25, 0.3) is 0 Å². The monoisotopic (exact) mass is 371 g/mol. The SMILES string of the molecule is Cc1cc(-c2cc(-c3ccc(N4CCNCC4)cc3)cnc2C)cc(C)c1C. The molecule has 0 unspecified atom stereocenters. The number of hydrogen-bond donors (Lipinski definition) is 1. The zero-order valence-corrected chi connectivity index (χ0v) is 17.3. The van der Waals surface area contributed by atoms with Gasteiger partial charge in [-0.25, -0.2) is 0 Å². The van der Waals surface area contributed by atoms with Crippen LogP contribution in [0, 0.1) is 27.7 Å². The summed E-state index contributed by atoms with van der Waals surface area (Å²) in [4.78, 5) is 7.15. The zero-order chi connectivity index (χ0) is 19.7. The van der Waals surface area contributed by atoms with Crippen LogP contribution in [0.25, 0.3) is 22.3 Å². The third-order valence-corrected chi connectivity index (χ3v) is 6.01. The molecule has 2 heterocycles. The molecule has 0 bridgehead atoms. The maximum Gasteiger partial charge on any atom is 0.0451 e. The molecule has 0 radical (unpaired) electrons.